The number of carbonyl (C=O) groups excluding carboxylic acids is 1. The number of hydrogen-bond acceptors (Lipinski definition) is 6. The number of aryl methyl sites for hydroxylation is 1. The third-order valence-corrected chi connectivity index (χ3v) is 4.82. The molecule has 8 nitrogen and oxygen atoms in total. The Morgan fingerprint density at radius 2 is 2.00 bits per heavy atom. The molecule has 0 saturated carbocycles. The summed E-state index contributed by atoms with van der Waals surface area (Å²) in [6, 6.07) is 0. The van der Waals surface area contributed by atoms with Gasteiger partial charge in [0, 0.05) is 19.2 Å². The van der Waals surface area contributed by atoms with Crippen molar-refractivity contribution in [3.63, 3.8) is 0 Å². The second-order valence-corrected chi connectivity index (χ2v) is 6.99. The van der Waals surface area contributed by atoms with Gasteiger partial charge in [-0.05, 0) is 51.7 Å². The molecule has 1 amide bonds. The standard InChI is InChI=1S/C18H27N7O/c1-24-7-4-15(5-8-24)9-16-10-21-17(11-20-16)12-22-18(26)3-2-6-25-14-19-13-23-25/h10-11,13-15H,2-9,12H2,1H3,(H,22,26). The van der Waals surface area contributed by atoms with Crippen molar-refractivity contribution in [2.24, 2.45) is 5.92 Å². The fraction of sp³-hybridized carbons (Fsp3) is 0.611. The highest BCUT2D eigenvalue weighted by atomic mass is 16.1. The number of rotatable bonds is 8. The lowest BCUT2D eigenvalue weighted by Crippen LogP contribution is -2.31. The maximum atomic E-state index is 11.9. The number of nitrogens with one attached hydrogen (secondary N) is 1. The lowest BCUT2D eigenvalue weighted by molar-refractivity contribution is -0.121. The zero-order chi connectivity index (χ0) is 18.2. The van der Waals surface area contributed by atoms with Gasteiger partial charge in [0.05, 0.1) is 24.1 Å². The van der Waals surface area contributed by atoms with Crippen LogP contribution in [-0.2, 0) is 24.3 Å². The van der Waals surface area contributed by atoms with Crippen LogP contribution in [0.2, 0.25) is 0 Å². The normalized spacial score (nSPS) is 15.9. The van der Waals surface area contributed by atoms with E-state index in [2.05, 4.69) is 37.3 Å². The van der Waals surface area contributed by atoms with E-state index in [1.807, 2.05) is 6.20 Å². The minimum absolute atomic E-state index is 0.0160. The van der Waals surface area contributed by atoms with Crippen LogP contribution in [0.15, 0.2) is 25.0 Å². The SMILES string of the molecule is CN1CCC(Cc2cnc(CNC(=O)CCCn3cncn3)cn2)CC1. The first-order valence-electron chi connectivity index (χ1n) is 9.26. The zero-order valence-electron chi connectivity index (χ0n) is 15.3. The van der Waals surface area contributed by atoms with E-state index in [1.165, 1.54) is 32.3 Å². The highest BCUT2D eigenvalue weighted by Crippen LogP contribution is 2.19. The monoisotopic (exact) mass is 357 g/mol. The van der Waals surface area contributed by atoms with Crippen LogP contribution in [-0.4, -0.2) is 55.7 Å². The summed E-state index contributed by atoms with van der Waals surface area (Å²) in [4.78, 5) is 27.1. The number of hydrogen-bond donors (Lipinski definition) is 1. The molecule has 0 unspecified atom stereocenters. The molecule has 1 aliphatic heterocycles. The molecular formula is C18H27N7O. The molecule has 140 valence electrons. The summed E-state index contributed by atoms with van der Waals surface area (Å²) in [5, 5.41) is 6.91. The average molecular weight is 357 g/mol. The van der Waals surface area contributed by atoms with Gasteiger partial charge in [0.2, 0.25) is 5.91 Å². The van der Waals surface area contributed by atoms with Crippen molar-refractivity contribution in [3.8, 4) is 0 Å². The van der Waals surface area contributed by atoms with Gasteiger partial charge in [-0.2, -0.15) is 5.10 Å². The van der Waals surface area contributed by atoms with Gasteiger partial charge in [0.25, 0.3) is 0 Å². The Kier molecular flexibility index (Phi) is 6.65. The van der Waals surface area contributed by atoms with Gasteiger partial charge >= 0.3 is 0 Å². The summed E-state index contributed by atoms with van der Waals surface area (Å²) in [6.07, 6.45) is 11.4. The van der Waals surface area contributed by atoms with Crippen molar-refractivity contribution in [1.29, 1.82) is 0 Å². The molecule has 0 spiro atoms. The lowest BCUT2D eigenvalue weighted by atomic mass is 9.92. The summed E-state index contributed by atoms with van der Waals surface area (Å²) in [7, 11) is 2.17. The van der Waals surface area contributed by atoms with Crippen LogP contribution in [0.4, 0.5) is 0 Å². The predicted octanol–water partition coefficient (Wildman–Crippen LogP) is 1.05. The molecule has 2 aromatic heterocycles. The van der Waals surface area contributed by atoms with Crippen LogP contribution in [0.3, 0.4) is 0 Å². The molecule has 3 rings (SSSR count). The van der Waals surface area contributed by atoms with Crippen LogP contribution in [0.1, 0.15) is 37.1 Å². The van der Waals surface area contributed by atoms with Gasteiger partial charge in [-0.3, -0.25) is 19.4 Å². The number of carbonyl (C=O) groups is 1. The molecule has 2 aromatic rings. The van der Waals surface area contributed by atoms with E-state index in [0.29, 0.717) is 25.4 Å². The molecule has 8 heteroatoms. The Balaban J connectivity index is 1.35. The van der Waals surface area contributed by atoms with Crippen molar-refractivity contribution < 1.29 is 4.79 Å². The van der Waals surface area contributed by atoms with E-state index in [-0.39, 0.29) is 5.91 Å². The van der Waals surface area contributed by atoms with Crippen LogP contribution in [0.25, 0.3) is 0 Å². The molecule has 26 heavy (non-hydrogen) atoms. The largest absolute Gasteiger partial charge is 0.350 e. The Morgan fingerprint density at radius 1 is 1.23 bits per heavy atom. The smallest absolute Gasteiger partial charge is 0.220 e. The quantitative estimate of drug-likeness (QED) is 0.760. The third kappa shape index (κ3) is 5.87. The van der Waals surface area contributed by atoms with Crippen LogP contribution in [0.5, 0.6) is 0 Å². The van der Waals surface area contributed by atoms with Crippen molar-refractivity contribution in [2.75, 3.05) is 20.1 Å². The molecule has 0 aliphatic carbocycles. The van der Waals surface area contributed by atoms with Crippen LogP contribution in [0, 0.1) is 5.92 Å². The first-order chi connectivity index (χ1) is 12.7. The fourth-order valence-electron chi connectivity index (χ4n) is 3.17. The van der Waals surface area contributed by atoms with Crippen LogP contribution >= 0.6 is 0 Å². The Bertz CT molecular complexity index is 663. The maximum Gasteiger partial charge on any atom is 0.220 e. The first kappa shape index (κ1) is 18.4. The fourth-order valence-corrected chi connectivity index (χ4v) is 3.17. The Morgan fingerprint density at radius 3 is 2.69 bits per heavy atom. The number of likely N-dealkylation sites (tertiary alicyclic amines) is 1. The maximum absolute atomic E-state index is 11.9. The molecule has 0 radical (unpaired) electrons. The van der Waals surface area contributed by atoms with E-state index >= 15 is 0 Å². The highest BCUT2D eigenvalue weighted by Gasteiger charge is 2.17. The lowest BCUT2D eigenvalue weighted by Gasteiger charge is -2.28. The molecule has 1 N–H and O–H groups in total. The van der Waals surface area contributed by atoms with Gasteiger partial charge in [0.1, 0.15) is 12.7 Å². The molecule has 1 saturated heterocycles. The van der Waals surface area contributed by atoms with Crippen LogP contribution < -0.4 is 5.32 Å². The minimum Gasteiger partial charge on any atom is -0.350 e. The number of aromatic nitrogens is 5. The molecule has 1 aliphatic rings. The first-order valence-corrected chi connectivity index (χ1v) is 9.26. The van der Waals surface area contributed by atoms with E-state index in [4.69, 9.17) is 0 Å². The molecule has 0 bridgehead atoms. The number of piperidine rings is 1. The molecule has 1 fully saturated rings. The van der Waals surface area contributed by atoms with Gasteiger partial charge in [0.15, 0.2) is 0 Å². The summed E-state index contributed by atoms with van der Waals surface area (Å²) in [5.41, 5.74) is 1.84. The summed E-state index contributed by atoms with van der Waals surface area (Å²) < 4.78 is 1.72. The van der Waals surface area contributed by atoms with Gasteiger partial charge in [-0.25, -0.2) is 4.98 Å². The van der Waals surface area contributed by atoms with Crippen molar-refractivity contribution in [1.82, 2.24) is 34.9 Å². The summed E-state index contributed by atoms with van der Waals surface area (Å²) >= 11 is 0. The van der Waals surface area contributed by atoms with Gasteiger partial charge < -0.3 is 10.2 Å². The van der Waals surface area contributed by atoms with Crippen molar-refractivity contribution in [3.05, 3.63) is 36.4 Å². The second-order valence-electron chi connectivity index (χ2n) is 6.99. The number of amides is 1. The average Bonchev–Trinajstić information content (AvgIpc) is 3.16. The van der Waals surface area contributed by atoms with E-state index in [9.17, 15) is 4.79 Å². The van der Waals surface area contributed by atoms with Gasteiger partial charge in [-0.1, -0.05) is 0 Å². The second kappa shape index (κ2) is 9.38. The summed E-state index contributed by atoms with van der Waals surface area (Å²) in [6.45, 7) is 3.45. The minimum atomic E-state index is 0.0160. The summed E-state index contributed by atoms with van der Waals surface area (Å²) in [5.74, 6) is 0.721. The molecule has 0 aromatic carbocycles. The van der Waals surface area contributed by atoms with E-state index in [0.717, 1.165) is 24.2 Å². The van der Waals surface area contributed by atoms with Gasteiger partial charge in [-0.15, -0.1) is 0 Å². The Labute approximate surface area is 154 Å². The van der Waals surface area contributed by atoms with Crippen molar-refractivity contribution in [2.45, 2.75) is 45.2 Å². The molecular weight excluding hydrogens is 330 g/mol. The van der Waals surface area contributed by atoms with E-state index < -0.39 is 0 Å². The highest BCUT2D eigenvalue weighted by molar-refractivity contribution is 5.75. The van der Waals surface area contributed by atoms with E-state index in [1.54, 1.807) is 17.2 Å². The third-order valence-electron chi connectivity index (χ3n) is 4.82. The molecule has 3 heterocycles. The zero-order valence-corrected chi connectivity index (χ0v) is 15.3. The number of nitrogens with zero attached hydrogens (tertiary/aromatic N) is 6. The Hall–Kier alpha value is -2.35. The molecule has 0 atom stereocenters. The van der Waals surface area contributed by atoms with Crippen molar-refractivity contribution >= 4 is 5.91 Å². The predicted molar refractivity (Wildman–Crippen MR) is 97.1 cm³/mol. The topological polar surface area (TPSA) is 88.8 Å².